The van der Waals surface area contributed by atoms with E-state index >= 15 is 0 Å². The van der Waals surface area contributed by atoms with Crippen LogP contribution in [-0.2, 0) is 29.3 Å². The van der Waals surface area contributed by atoms with Crippen LogP contribution in [0.15, 0.2) is 42.0 Å². The molecule has 1 aromatic carbocycles. The first kappa shape index (κ1) is 31.5. The molecule has 0 unspecified atom stereocenters. The van der Waals surface area contributed by atoms with Crippen LogP contribution in [0.4, 0.5) is 0 Å². The molecule has 0 spiro atoms. The van der Waals surface area contributed by atoms with Gasteiger partial charge >= 0.3 is 5.97 Å². The van der Waals surface area contributed by atoms with Gasteiger partial charge in [0.2, 0.25) is 5.91 Å². The highest BCUT2D eigenvalue weighted by atomic mass is 16.5. The molecule has 5 aliphatic rings. The van der Waals surface area contributed by atoms with Crippen molar-refractivity contribution < 1.29 is 23.9 Å². The average Bonchev–Trinajstić information content (AvgIpc) is 3.32. The van der Waals surface area contributed by atoms with Gasteiger partial charge in [0, 0.05) is 36.8 Å². The monoisotopic (exact) mass is 603 g/mol. The summed E-state index contributed by atoms with van der Waals surface area (Å²) < 4.78 is 12.2. The van der Waals surface area contributed by atoms with Crippen molar-refractivity contribution in [2.24, 2.45) is 28.6 Å². The minimum atomic E-state index is -0.243. The highest BCUT2D eigenvalue weighted by Gasteiger charge is 2.60. The number of esters is 1. The minimum absolute atomic E-state index is 0.00436. The Hall–Kier alpha value is -2.47. The van der Waals surface area contributed by atoms with Gasteiger partial charge in [0.15, 0.2) is 5.78 Å². The SMILES string of the molecule is CC1(C)C[C@](CCNC(=O)CCC(=O)O[C@H]2CC[C@H]3[C@@H]4CCC5=CC(=O)CC[C@]5(C)[C@H]4CC[C@]23C)(c2ccccc2)CCO1. The second-order valence-electron chi connectivity index (χ2n) is 15.9. The van der Waals surface area contributed by atoms with E-state index in [4.69, 9.17) is 9.47 Å². The number of fused-ring (bicyclic) bond motifs is 5. The van der Waals surface area contributed by atoms with Crippen molar-refractivity contribution in [3.63, 3.8) is 0 Å². The summed E-state index contributed by atoms with van der Waals surface area (Å²) in [6, 6.07) is 10.6. The first-order chi connectivity index (χ1) is 20.9. The number of ether oxygens (including phenoxy) is 2. The zero-order valence-electron chi connectivity index (χ0n) is 27.4. The van der Waals surface area contributed by atoms with Crippen molar-refractivity contribution >= 4 is 17.7 Å². The van der Waals surface area contributed by atoms with E-state index in [9.17, 15) is 14.4 Å². The first-order valence-electron chi connectivity index (χ1n) is 17.3. The number of carbonyl (C=O) groups is 3. The van der Waals surface area contributed by atoms with Crippen LogP contribution >= 0.6 is 0 Å². The highest BCUT2D eigenvalue weighted by Crippen LogP contribution is 2.65. The largest absolute Gasteiger partial charge is 0.462 e. The lowest BCUT2D eigenvalue weighted by Crippen LogP contribution is -2.51. The second-order valence-corrected chi connectivity index (χ2v) is 15.9. The molecule has 3 saturated carbocycles. The summed E-state index contributed by atoms with van der Waals surface area (Å²) >= 11 is 0. The predicted octanol–water partition coefficient (Wildman–Crippen LogP) is 7.24. The Bertz CT molecular complexity index is 1290. The van der Waals surface area contributed by atoms with E-state index in [0.717, 1.165) is 64.2 Å². The number of hydrogen-bond donors (Lipinski definition) is 1. The summed E-state index contributed by atoms with van der Waals surface area (Å²) in [6.07, 6.45) is 13.0. The molecule has 1 amide bonds. The van der Waals surface area contributed by atoms with E-state index < -0.39 is 0 Å². The predicted molar refractivity (Wildman–Crippen MR) is 171 cm³/mol. The van der Waals surface area contributed by atoms with Gasteiger partial charge in [0.1, 0.15) is 6.10 Å². The molecule has 1 saturated heterocycles. The molecule has 4 fully saturated rings. The minimum Gasteiger partial charge on any atom is -0.462 e. The molecule has 0 bridgehead atoms. The summed E-state index contributed by atoms with van der Waals surface area (Å²) in [5.74, 6) is 1.80. The smallest absolute Gasteiger partial charge is 0.306 e. The number of hydrogen-bond acceptors (Lipinski definition) is 5. The van der Waals surface area contributed by atoms with Crippen LogP contribution in [0.2, 0.25) is 0 Å². The number of amides is 1. The molecule has 1 heterocycles. The summed E-state index contributed by atoms with van der Waals surface area (Å²) in [4.78, 5) is 38.0. The van der Waals surface area contributed by atoms with E-state index in [1.54, 1.807) is 0 Å². The molecule has 1 aromatic rings. The molecule has 7 atom stereocenters. The molecule has 240 valence electrons. The van der Waals surface area contributed by atoms with Crippen molar-refractivity contribution in [3.05, 3.63) is 47.5 Å². The Morgan fingerprint density at radius 3 is 2.50 bits per heavy atom. The fourth-order valence-electron chi connectivity index (χ4n) is 10.5. The number of allylic oxidation sites excluding steroid dienone is 1. The van der Waals surface area contributed by atoms with E-state index in [0.29, 0.717) is 43.1 Å². The maximum atomic E-state index is 13.0. The van der Waals surface area contributed by atoms with Crippen LogP contribution in [0.3, 0.4) is 0 Å². The Morgan fingerprint density at radius 2 is 1.73 bits per heavy atom. The van der Waals surface area contributed by atoms with Gasteiger partial charge in [-0.2, -0.15) is 0 Å². The molecule has 0 radical (unpaired) electrons. The lowest BCUT2D eigenvalue weighted by Gasteiger charge is -2.57. The normalized spacial score (nSPS) is 37.6. The molecule has 44 heavy (non-hydrogen) atoms. The zero-order chi connectivity index (χ0) is 31.2. The number of carbonyl (C=O) groups excluding carboxylic acids is 3. The van der Waals surface area contributed by atoms with E-state index in [1.165, 1.54) is 11.1 Å². The third-order valence-corrected chi connectivity index (χ3v) is 12.9. The van der Waals surface area contributed by atoms with Crippen molar-refractivity contribution in [1.82, 2.24) is 5.32 Å². The van der Waals surface area contributed by atoms with Gasteiger partial charge in [0.05, 0.1) is 12.0 Å². The van der Waals surface area contributed by atoms with Gasteiger partial charge in [-0.25, -0.2) is 0 Å². The molecule has 6 rings (SSSR count). The zero-order valence-corrected chi connectivity index (χ0v) is 27.4. The third kappa shape index (κ3) is 5.92. The number of nitrogens with one attached hydrogen (secondary N) is 1. The van der Waals surface area contributed by atoms with Crippen LogP contribution in [0, 0.1) is 28.6 Å². The van der Waals surface area contributed by atoms with Crippen molar-refractivity contribution in [2.45, 2.75) is 128 Å². The van der Waals surface area contributed by atoms with Crippen LogP contribution in [0.5, 0.6) is 0 Å². The number of ketones is 1. The number of rotatable bonds is 8. The van der Waals surface area contributed by atoms with Crippen LogP contribution in [0.1, 0.15) is 117 Å². The fourth-order valence-corrected chi connectivity index (χ4v) is 10.5. The van der Waals surface area contributed by atoms with Crippen LogP contribution in [-0.4, -0.2) is 42.5 Å². The van der Waals surface area contributed by atoms with Gasteiger partial charge in [0.25, 0.3) is 0 Å². The van der Waals surface area contributed by atoms with Gasteiger partial charge in [-0.05, 0) is 113 Å². The quantitative estimate of drug-likeness (QED) is 0.317. The molecule has 4 aliphatic carbocycles. The van der Waals surface area contributed by atoms with Gasteiger partial charge in [-0.15, -0.1) is 0 Å². The maximum Gasteiger partial charge on any atom is 0.306 e. The summed E-state index contributed by atoms with van der Waals surface area (Å²) in [7, 11) is 0. The Morgan fingerprint density at radius 1 is 0.932 bits per heavy atom. The maximum absolute atomic E-state index is 13.0. The Balaban J connectivity index is 0.996. The van der Waals surface area contributed by atoms with Crippen molar-refractivity contribution in [1.29, 1.82) is 0 Å². The number of benzene rings is 1. The van der Waals surface area contributed by atoms with E-state index in [2.05, 4.69) is 57.3 Å². The topological polar surface area (TPSA) is 81.7 Å². The first-order valence-corrected chi connectivity index (χ1v) is 17.3. The lowest BCUT2D eigenvalue weighted by molar-refractivity contribution is -0.160. The Labute approximate surface area is 264 Å². The lowest BCUT2D eigenvalue weighted by atomic mass is 9.47. The second kappa shape index (κ2) is 12.0. The standard InChI is InChI=1S/C38H53NO5/c1-35(2)25-38(21-23-43-35,26-8-6-5-7-9-26)20-22-39-33(41)14-15-34(42)44-32-13-12-30-29-11-10-27-24-28(40)16-18-36(27,3)31(29)17-19-37(30,32)4/h5-9,24,29-32H,10-23,25H2,1-4H3,(H,39,41)/t29-,30-,31-,32-,36-,37-,38+/m0/s1. The molecule has 6 heteroatoms. The summed E-state index contributed by atoms with van der Waals surface area (Å²) in [5.41, 5.74) is 2.61. The average molecular weight is 604 g/mol. The van der Waals surface area contributed by atoms with Crippen molar-refractivity contribution in [3.8, 4) is 0 Å². The molecule has 0 aromatic heterocycles. The summed E-state index contributed by atoms with van der Waals surface area (Å²) in [6.45, 7) is 10.3. The molecular weight excluding hydrogens is 550 g/mol. The fraction of sp³-hybridized carbons (Fsp3) is 0.711. The van der Waals surface area contributed by atoms with E-state index in [-0.39, 0.29) is 52.7 Å². The van der Waals surface area contributed by atoms with E-state index in [1.807, 2.05) is 12.1 Å². The van der Waals surface area contributed by atoms with Crippen molar-refractivity contribution in [2.75, 3.05) is 13.2 Å². The van der Waals surface area contributed by atoms with Crippen LogP contribution < -0.4 is 5.32 Å². The van der Waals surface area contributed by atoms with Gasteiger partial charge in [-0.3, -0.25) is 14.4 Å². The van der Waals surface area contributed by atoms with Gasteiger partial charge in [-0.1, -0.05) is 49.8 Å². The third-order valence-electron chi connectivity index (χ3n) is 12.9. The van der Waals surface area contributed by atoms with Crippen LogP contribution in [0.25, 0.3) is 0 Å². The molecular formula is C38H53NO5. The van der Waals surface area contributed by atoms with Gasteiger partial charge < -0.3 is 14.8 Å². The summed E-state index contributed by atoms with van der Waals surface area (Å²) in [5, 5.41) is 3.10. The molecule has 1 aliphatic heterocycles. The Kier molecular flexibility index (Phi) is 8.62. The molecule has 1 N–H and O–H groups in total. The highest BCUT2D eigenvalue weighted by molar-refractivity contribution is 5.91. The molecule has 6 nitrogen and oxygen atoms in total.